The number of hydrogen-bond acceptors (Lipinski definition) is 5. The first kappa shape index (κ1) is 25.8. The summed E-state index contributed by atoms with van der Waals surface area (Å²) in [7, 11) is 1.45. The number of halogens is 3. The zero-order valence-corrected chi connectivity index (χ0v) is 20.3. The van der Waals surface area contributed by atoms with Crippen LogP contribution >= 0.6 is 0 Å². The summed E-state index contributed by atoms with van der Waals surface area (Å²) in [6, 6.07) is 14.3. The number of carbonyl (C=O) groups is 2. The number of aliphatic hydroxyl groups is 1. The van der Waals surface area contributed by atoms with E-state index < -0.39 is 35.2 Å². The zero-order chi connectivity index (χ0) is 26.9. The SMILES string of the molecule is CCOc1ccc(/C(O)=C2/C(=O)C(=O)N(c3ccc(C(F)(F)F)cc3)C2c2cccc(OC)c2)cc1C. The average Bonchev–Trinajstić information content (AvgIpc) is 3.14. The average molecular weight is 511 g/mol. The van der Waals surface area contributed by atoms with E-state index in [9.17, 15) is 27.9 Å². The maximum atomic E-state index is 13.3. The molecule has 1 unspecified atom stereocenters. The Hall–Kier alpha value is -4.27. The lowest BCUT2D eigenvalue weighted by Gasteiger charge is -2.26. The molecule has 192 valence electrons. The smallest absolute Gasteiger partial charge is 0.416 e. The highest BCUT2D eigenvalue weighted by Gasteiger charge is 2.47. The number of amides is 1. The van der Waals surface area contributed by atoms with Gasteiger partial charge in [-0.1, -0.05) is 12.1 Å². The van der Waals surface area contributed by atoms with E-state index in [4.69, 9.17) is 9.47 Å². The van der Waals surface area contributed by atoms with Gasteiger partial charge in [0.15, 0.2) is 0 Å². The normalized spacial score (nSPS) is 17.2. The first-order valence-corrected chi connectivity index (χ1v) is 11.4. The van der Waals surface area contributed by atoms with E-state index in [2.05, 4.69) is 0 Å². The van der Waals surface area contributed by atoms with Gasteiger partial charge < -0.3 is 14.6 Å². The van der Waals surface area contributed by atoms with Gasteiger partial charge in [0, 0.05) is 11.3 Å². The van der Waals surface area contributed by atoms with E-state index in [1.807, 2.05) is 6.92 Å². The Bertz CT molecular complexity index is 1380. The molecule has 1 aliphatic heterocycles. The van der Waals surface area contributed by atoms with E-state index in [1.54, 1.807) is 49.4 Å². The fourth-order valence-corrected chi connectivity index (χ4v) is 4.31. The molecule has 0 aromatic heterocycles. The third-order valence-corrected chi connectivity index (χ3v) is 6.07. The van der Waals surface area contributed by atoms with Crippen LogP contribution in [-0.4, -0.2) is 30.5 Å². The van der Waals surface area contributed by atoms with Gasteiger partial charge >= 0.3 is 6.18 Å². The van der Waals surface area contributed by atoms with Crippen LogP contribution in [0.1, 0.15) is 35.2 Å². The van der Waals surface area contributed by atoms with Crippen LogP contribution in [0.5, 0.6) is 11.5 Å². The van der Waals surface area contributed by atoms with Crippen molar-refractivity contribution in [3.05, 3.63) is 94.6 Å². The molecule has 0 aliphatic carbocycles. The molecule has 1 fully saturated rings. The molecule has 1 atom stereocenters. The largest absolute Gasteiger partial charge is 0.507 e. The maximum Gasteiger partial charge on any atom is 0.416 e. The van der Waals surface area contributed by atoms with Crippen LogP contribution in [0.3, 0.4) is 0 Å². The van der Waals surface area contributed by atoms with Crippen LogP contribution in [0.2, 0.25) is 0 Å². The van der Waals surface area contributed by atoms with Crippen LogP contribution in [0, 0.1) is 6.92 Å². The van der Waals surface area contributed by atoms with Crippen molar-refractivity contribution >= 4 is 23.1 Å². The lowest BCUT2D eigenvalue weighted by molar-refractivity contribution is -0.137. The first-order valence-electron chi connectivity index (χ1n) is 11.4. The molecule has 9 heteroatoms. The number of ketones is 1. The number of carbonyl (C=O) groups excluding carboxylic acids is 2. The van der Waals surface area contributed by atoms with E-state index >= 15 is 0 Å². The van der Waals surface area contributed by atoms with Gasteiger partial charge in [-0.15, -0.1) is 0 Å². The van der Waals surface area contributed by atoms with Crippen molar-refractivity contribution in [2.75, 3.05) is 18.6 Å². The van der Waals surface area contributed by atoms with Gasteiger partial charge in [0.2, 0.25) is 0 Å². The van der Waals surface area contributed by atoms with Crippen molar-refractivity contribution in [1.29, 1.82) is 0 Å². The standard InChI is InChI=1S/C28H24F3NO5/c1-4-37-22-13-8-18(14-16(22)2)25(33)23-24(17-6-5-7-21(15-17)36-3)32(27(35)26(23)34)20-11-9-19(10-12-20)28(29,30)31/h5-15,24,33H,4H2,1-3H3/b25-23-. The number of aryl methyl sites for hydroxylation is 1. The van der Waals surface area contributed by atoms with E-state index in [0.29, 0.717) is 34.8 Å². The summed E-state index contributed by atoms with van der Waals surface area (Å²) in [5.41, 5.74) is 0.421. The highest BCUT2D eigenvalue weighted by atomic mass is 19.4. The lowest BCUT2D eigenvalue weighted by Crippen LogP contribution is -2.29. The minimum Gasteiger partial charge on any atom is -0.507 e. The molecule has 1 aliphatic rings. The summed E-state index contributed by atoms with van der Waals surface area (Å²) in [4.78, 5) is 27.6. The fourth-order valence-electron chi connectivity index (χ4n) is 4.31. The Kier molecular flexibility index (Phi) is 6.98. The minimum atomic E-state index is -4.57. The number of alkyl halides is 3. The Morgan fingerprint density at radius 1 is 1.03 bits per heavy atom. The number of hydrogen-bond donors (Lipinski definition) is 1. The zero-order valence-electron chi connectivity index (χ0n) is 20.3. The predicted molar refractivity (Wildman–Crippen MR) is 132 cm³/mol. The van der Waals surface area contributed by atoms with Gasteiger partial charge in [-0.05, 0) is 79.6 Å². The first-order chi connectivity index (χ1) is 17.6. The van der Waals surface area contributed by atoms with Crippen LogP contribution in [0.15, 0.2) is 72.3 Å². The van der Waals surface area contributed by atoms with E-state index in [0.717, 1.165) is 29.2 Å². The second-order valence-corrected chi connectivity index (χ2v) is 8.40. The van der Waals surface area contributed by atoms with Crippen LogP contribution < -0.4 is 14.4 Å². The molecule has 1 amide bonds. The van der Waals surface area contributed by atoms with Gasteiger partial charge in [0.25, 0.3) is 11.7 Å². The fraction of sp³-hybridized carbons (Fsp3) is 0.214. The summed E-state index contributed by atoms with van der Waals surface area (Å²) < 4.78 is 50.2. The number of Topliss-reactive ketones (excluding diaryl/α,β-unsaturated/α-hetero) is 1. The minimum absolute atomic E-state index is 0.0739. The summed E-state index contributed by atoms with van der Waals surface area (Å²) in [5, 5.41) is 11.3. The number of methoxy groups -OCH3 is 1. The molecule has 37 heavy (non-hydrogen) atoms. The number of aliphatic hydroxyl groups excluding tert-OH is 1. The van der Waals surface area contributed by atoms with Gasteiger partial charge in [0.1, 0.15) is 17.3 Å². The molecule has 1 saturated heterocycles. The Labute approximate surface area is 211 Å². The highest BCUT2D eigenvalue weighted by Crippen LogP contribution is 2.43. The predicted octanol–water partition coefficient (Wildman–Crippen LogP) is 6.05. The molecule has 1 N–H and O–H groups in total. The summed E-state index contributed by atoms with van der Waals surface area (Å²) in [6.07, 6.45) is -4.57. The van der Waals surface area contributed by atoms with Crippen molar-refractivity contribution in [2.45, 2.75) is 26.1 Å². The highest BCUT2D eigenvalue weighted by molar-refractivity contribution is 6.51. The van der Waals surface area contributed by atoms with Crippen molar-refractivity contribution in [3.63, 3.8) is 0 Å². The molecule has 0 radical (unpaired) electrons. The van der Waals surface area contributed by atoms with Gasteiger partial charge in [-0.3, -0.25) is 14.5 Å². The quantitative estimate of drug-likeness (QED) is 0.248. The molecule has 3 aromatic carbocycles. The molecule has 0 bridgehead atoms. The molecule has 4 rings (SSSR count). The second kappa shape index (κ2) is 10.0. The number of rotatable bonds is 6. The Morgan fingerprint density at radius 2 is 1.73 bits per heavy atom. The summed E-state index contributed by atoms with van der Waals surface area (Å²) in [6.45, 7) is 4.06. The molecular weight excluding hydrogens is 487 g/mol. The molecule has 6 nitrogen and oxygen atoms in total. The molecule has 3 aromatic rings. The molecule has 0 saturated carbocycles. The topological polar surface area (TPSA) is 76.1 Å². The molecular formula is C28H24F3NO5. The molecule has 0 spiro atoms. The third-order valence-electron chi connectivity index (χ3n) is 6.07. The second-order valence-electron chi connectivity index (χ2n) is 8.40. The van der Waals surface area contributed by atoms with Crippen molar-refractivity contribution in [3.8, 4) is 11.5 Å². The maximum absolute atomic E-state index is 13.3. The Balaban J connectivity index is 1.90. The number of ether oxygens (including phenoxy) is 2. The van der Waals surface area contributed by atoms with Gasteiger partial charge in [0.05, 0.1) is 30.9 Å². The van der Waals surface area contributed by atoms with Crippen molar-refractivity contribution in [1.82, 2.24) is 0 Å². The number of anilines is 1. The number of benzene rings is 3. The van der Waals surface area contributed by atoms with Crippen LogP contribution in [0.4, 0.5) is 18.9 Å². The summed E-state index contributed by atoms with van der Waals surface area (Å²) in [5.74, 6) is -1.30. The molecule has 1 heterocycles. The van der Waals surface area contributed by atoms with Gasteiger partial charge in [-0.2, -0.15) is 13.2 Å². The van der Waals surface area contributed by atoms with Crippen molar-refractivity contribution < 1.29 is 37.3 Å². The Morgan fingerprint density at radius 3 is 2.32 bits per heavy atom. The third kappa shape index (κ3) is 4.89. The van der Waals surface area contributed by atoms with E-state index in [1.165, 1.54) is 7.11 Å². The van der Waals surface area contributed by atoms with Crippen molar-refractivity contribution in [2.24, 2.45) is 0 Å². The summed E-state index contributed by atoms with van der Waals surface area (Å²) >= 11 is 0. The monoisotopic (exact) mass is 511 g/mol. The van der Waals surface area contributed by atoms with E-state index in [-0.39, 0.29) is 11.3 Å². The van der Waals surface area contributed by atoms with Crippen LogP contribution in [0.25, 0.3) is 5.76 Å². The number of nitrogens with zero attached hydrogens (tertiary/aromatic N) is 1. The van der Waals surface area contributed by atoms with Crippen LogP contribution in [-0.2, 0) is 15.8 Å². The lowest BCUT2D eigenvalue weighted by atomic mass is 9.94. The van der Waals surface area contributed by atoms with Gasteiger partial charge in [-0.25, -0.2) is 0 Å².